The van der Waals surface area contributed by atoms with Crippen LogP contribution in [0.3, 0.4) is 0 Å². The van der Waals surface area contributed by atoms with Gasteiger partial charge in [0.2, 0.25) is 8.32 Å². The molecule has 4 aliphatic rings. The molecular formula is C24H36O4Si. The van der Waals surface area contributed by atoms with Gasteiger partial charge in [0.15, 0.2) is 11.9 Å². The van der Waals surface area contributed by atoms with Crippen LogP contribution in [0.25, 0.3) is 0 Å². The molecule has 0 saturated heterocycles. The summed E-state index contributed by atoms with van der Waals surface area (Å²) in [5.74, 6) is 1.98. The van der Waals surface area contributed by atoms with Crippen molar-refractivity contribution in [3.8, 4) is 0 Å². The maximum atomic E-state index is 12.4. The lowest BCUT2D eigenvalue weighted by molar-refractivity contribution is -0.312. The van der Waals surface area contributed by atoms with E-state index < -0.39 is 13.9 Å². The molecule has 0 aromatic rings. The number of methoxy groups -OCH3 is 1. The Kier molecular flexibility index (Phi) is 5.06. The highest BCUT2D eigenvalue weighted by molar-refractivity contribution is 6.69. The summed E-state index contributed by atoms with van der Waals surface area (Å²) in [7, 11) is -0.127. The van der Waals surface area contributed by atoms with E-state index in [1.807, 2.05) is 0 Å². The lowest BCUT2D eigenvalue weighted by Crippen LogP contribution is -2.53. The van der Waals surface area contributed by atoms with Gasteiger partial charge in [0.05, 0.1) is 7.11 Å². The first-order valence-corrected chi connectivity index (χ1v) is 14.6. The minimum Gasteiger partial charge on any atom is -0.493 e. The summed E-state index contributed by atoms with van der Waals surface area (Å²) in [6.07, 6.45) is 10.4. The molecule has 4 aliphatic carbocycles. The average molecular weight is 417 g/mol. The molecule has 29 heavy (non-hydrogen) atoms. The molecule has 2 fully saturated rings. The van der Waals surface area contributed by atoms with E-state index >= 15 is 0 Å². The molecule has 5 heteroatoms. The molecule has 0 bridgehead atoms. The van der Waals surface area contributed by atoms with Crippen LogP contribution in [-0.2, 0) is 19.0 Å². The van der Waals surface area contributed by atoms with Crippen molar-refractivity contribution < 1.29 is 19.0 Å². The number of allylic oxidation sites excluding steroid dienone is 3. The van der Waals surface area contributed by atoms with E-state index in [-0.39, 0.29) is 10.8 Å². The highest BCUT2D eigenvalue weighted by Crippen LogP contribution is 2.65. The van der Waals surface area contributed by atoms with Gasteiger partial charge in [-0.1, -0.05) is 31.2 Å². The van der Waals surface area contributed by atoms with Gasteiger partial charge < -0.3 is 4.74 Å². The number of carbonyl (C=O) groups excluding carboxylic acids is 1. The summed E-state index contributed by atoms with van der Waals surface area (Å²) in [4.78, 5) is 18.4. The highest BCUT2D eigenvalue weighted by Gasteiger charge is 2.64. The van der Waals surface area contributed by atoms with E-state index in [0.717, 1.165) is 57.0 Å². The van der Waals surface area contributed by atoms with Crippen molar-refractivity contribution in [3.63, 3.8) is 0 Å². The second-order valence-electron chi connectivity index (χ2n) is 10.9. The van der Waals surface area contributed by atoms with E-state index in [9.17, 15) is 4.79 Å². The number of ether oxygens (including phenoxy) is 1. The van der Waals surface area contributed by atoms with Gasteiger partial charge in [-0.3, -0.25) is 9.37 Å². The van der Waals surface area contributed by atoms with E-state index in [1.165, 1.54) is 5.57 Å². The van der Waals surface area contributed by atoms with Crippen molar-refractivity contribution >= 4 is 14.6 Å². The first kappa shape index (κ1) is 21.1. The minimum atomic E-state index is -1.88. The standard InChI is InChI=1S/C24H36O4Si/c1-22-12-9-18(26-3)15-17(22)7-8-19-20(22)10-13-23(2)21(19)11-14-24(23,16-25)27-28-29(4,5)6/h10,16,19,21H,7-9,11-14H2,1-6H3/t19-,21+,22+,23+,24+/m1/s1. The number of hydrogen-bond acceptors (Lipinski definition) is 4. The number of hydrogen-bond donors (Lipinski definition) is 0. The number of rotatable bonds is 5. The Bertz CT molecular complexity index is 802. The summed E-state index contributed by atoms with van der Waals surface area (Å²) in [5.41, 5.74) is 5.63. The zero-order valence-corrected chi connectivity index (χ0v) is 19.9. The van der Waals surface area contributed by atoms with Gasteiger partial charge in [-0.05, 0) is 75.6 Å². The maximum absolute atomic E-state index is 12.4. The normalized spacial score (nSPS) is 41.4. The summed E-state index contributed by atoms with van der Waals surface area (Å²) >= 11 is 0. The Labute approximate surface area is 176 Å². The molecule has 0 aromatic carbocycles. The zero-order chi connectivity index (χ0) is 21.1. The van der Waals surface area contributed by atoms with Gasteiger partial charge in [0.25, 0.3) is 0 Å². The lowest BCUT2D eigenvalue weighted by Gasteiger charge is -2.54. The minimum absolute atomic E-state index is 0.0917. The maximum Gasteiger partial charge on any atom is 0.230 e. The Hall–Kier alpha value is -1.13. The molecule has 0 radical (unpaired) electrons. The Morgan fingerprint density at radius 1 is 1.17 bits per heavy atom. The molecular weight excluding hydrogens is 380 g/mol. The van der Waals surface area contributed by atoms with Crippen molar-refractivity contribution in [1.29, 1.82) is 0 Å². The number of fused-ring (bicyclic) bond motifs is 5. The molecule has 0 aromatic heterocycles. The molecule has 5 atom stereocenters. The third kappa shape index (κ3) is 3.13. The third-order valence-electron chi connectivity index (χ3n) is 8.27. The van der Waals surface area contributed by atoms with Crippen LogP contribution in [0.15, 0.2) is 28.7 Å². The molecule has 0 aliphatic heterocycles. The van der Waals surface area contributed by atoms with Crippen molar-refractivity contribution in [2.75, 3.05) is 7.11 Å². The van der Waals surface area contributed by atoms with Crippen LogP contribution in [0.5, 0.6) is 0 Å². The van der Waals surface area contributed by atoms with Gasteiger partial charge in [-0.2, -0.15) is 0 Å². The Balaban J connectivity index is 1.69. The van der Waals surface area contributed by atoms with Gasteiger partial charge in [0.1, 0.15) is 5.76 Å². The molecule has 160 valence electrons. The average Bonchev–Trinajstić information content (AvgIpc) is 2.98. The molecule has 2 saturated carbocycles. The molecule has 4 nitrogen and oxygen atoms in total. The van der Waals surface area contributed by atoms with Gasteiger partial charge in [-0.25, -0.2) is 4.89 Å². The third-order valence-corrected chi connectivity index (χ3v) is 8.85. The Morgan fingerprint density at radius 2 is 1.93 bits per heavy atom. The molecule has 0 N–H and O–H groups in total. The quantitative estimate of drug-likeness (QED) is 0.144. The lowest BCUT2D eigenvalue weighted by atomic mass is 9.51. The van der Waals surface area contributed by atoms with E-state index in [2.05, 4.69) is 45.3 Å². The largest absolute Gasteiger partial charge is 0.493 e. The Morgan fingerprint density at radius 3 is 2.59 bits per heavy atom. The topological polar surface area (TPSA) is 44.8 Å². The van der Waals surface area contributed by atoms with E-state index in [4.69, 9.17) is 14.2 Å². The van der Waals surface area contributed by atoms with Gasteiger partial charge >= 0.3 is 0 Å². The SMILES string of the molecule is COC1=C=C2CC[C@@H]3C(=CC[C@@]4(C)[C@H]3CC[C@@]4(C=O)OO[Si](C)(C)C)[C@@]2(C)CC1. The summed E-state index contributed by atoms with van der Waals surface area (Å²) in [6.45, 7) is 11.0. The van der Waals surface area contributed by atoms with Crippen LogP contribution in [-0.4, -0.2) is 27.3 Å². The van der Waals surface area contributed by atoms with Crippen molar-refractivity contribution in [3.05, 3.63) is 28.7 Å². The molecule has 4 rings (SSSR count). The van der Waals surface area contributed by atoms with E-state index in [0.29, 0.717) is 11.8 Å². The molecule has 0 spiro atoms. The van der Waals surface area contributed by atoms with Crippen LogP contribution in [0.4, 0.5) is 0 Å². The second-order valence-corrected chi connectivity index (χ2v) is 15.3. The first-order valence-electron chi connectivity index (χ1n) is 11.2. The molecule has 0 unspecified atom stereocenters. The fourth-order valence-electron chi connectivity index (χ4n) is 6.48. The summed E-state index contributed by atoms with van der Waals surface area (Å²) in [6, 6.07) is 0. The number of carbonyl (C=O) groups is 1. The van der Waals surface area contributed by atoms with Crippen LogP contribution >= 0.6 is 0 Å². The second kappa shape index (κ2) is 6.95. The van der Waals surface area contributed by atoms with Crippen molar-refractivity contribution in [2.24, 2.45) is 22.7 Å². The first-order chi connectivity index (χ1) is 13.6. The molecule has 0 amide bonds. The fourth-order valence-corrected chi connectivity index (χ4v) is 6.88. The van der Waals surface area contributed by atoms with Gasteiger partial charge in [-0.15, -0.1) is 0 Å². The predicted molar refractivity (Wildman–Crippen MR) is 115 cm³/mol. The van der Waals surface area contributed by atoms with Crippen LogP contribution < -0.4 is 0 Å². The summed E-state index contributed by atoms with van der Waals surface area (Å²) < 4.78 is 11.3. The van der Waals surface area contributed by atoms with Gasteiger partial charge in [0, 0.05) is 17.3 Å². The van der Waals surface area contributed by atoms with Crippen molar-refractivity contribution in [2.45, 2.75) is 84.0 Å². The monoisotopic (exact) mass is 416 g/mol. The fraction of sp³-hybridized carbons (Fsp3) is 0.750. The number of aldehydes is 1. The molecule has 0 heterocycles. The van der Waals surface area contributed by atoms with Crippen LogP contribution in [0.1, 0.15) is 58.8 Å². The van der Waals surface area contributed by atoms with Crippen molar-refractivity contribution in [1.82, 2.24) is 0 Å². The zero-order valence-electron chi connectivity index (χ0n) is 18.9. The van der Waals surface area contributed by atoms with Crippen LogP contribution in [0, 0.1) is 22.7 Å². The smallest absolute Gasteiger partial charge is 0.230 e. The summed E-state index contributed by atoms with van der Waals surface area (Å²) in [5, 5.41) is 0. The predicted octanol–water partition coefficient (Wildman–Crippen LogP) is 5.72. The van der Waals surface area contributed by atoms with E-state index in [1.54, 1.807) is 12.7 Å². The highest BCUT2D eigenvalue weighted by atomic mass is 28.4. The van der Waals surface area contributed by atoms with Crippen LogP contribution in [0.2, 0.25) is 19.6 Å².